The monoisotopic (exact) mass is 414 g/mol. The van der Waals surface area contributed by atoms with Gasteiger partial charge >= 0.3 is 0 Å². The molecule has 0 spiro atoms. The van der Waals surface area contributed by atoms with Crippen LogP contribution in [-0.4, -0.2) is 27.9 Å². The van der Waals surface area contributed by atoms with E-state index in [9.17, 15) is 9.59 Å². The fraction of sp³-hybridized carbons (Fsp3) is 0.250. The van der Waals surface area contributed by atoms with E-state index in [1.54, 1.807) is 18.5 Å². The molecule has 1 aliphatic rings. The van der Waals surface area contributed by atoms with Crippen molar-refractivity contribution >= 4 is 40.4 Å². The second-order valence-electron chi connectivity index (χ2n) is 6.58. The molecule has 2 aromatic heterocycles. The average Bonchev–Trinajstić information content (AvgIpc) is 3.36. The number of halogens is 1. The van der Waals surface area contributed by atoms with Crippen molar-refractivity contribution in [3.8, 4) is 5.69 Å². The summed E-state index contributed by atoms with van der Waals surface area (Å²) in [5.41, 5.74) is 2.63. The Hall–Kier alpha value is -2.64. The summed E-state index contributed by atoms with van der Waals surface area (Å²) in [5.74, 6) is 0.0219. The molecule has 1 aromatic carbocycles. The number of rotatable bonds is 5. The Morgan fingerprint density at radius 2 is 1.93 bits per heavy atom. The van der Waals surface area contributed by atoms with Gasteiger partial charge in [0.25, 0.3) is 5.91 Å². The second kappa shape index (κ2) is 8.16. The number of carbonyl (C=O) groups excluding carboxylic acids is 2. The van der Waals surface area contributed by atoms with Crippen LogP contribution in [0.2, 0.25) is 4.34 Å². The zero-order valence-corrected chi connectivity index (χ0v) is 16.7. The number of nitrogens with one attached hydrogen (secondary N) is 1. The summed E-state index contributed by atoms with van der Waals surface area (Å²) in [7, 11) is 0. The number of imidazole rings is 1. The average molecular weight is 415 g/mol. The van der Waals surface area contributed by atoms with E-state index in [1.165, 1.54) is 11.3 Å². The lowest BCUT2D eigenvalue weighted by Gasteiger charge is -2.26. The summed E-state index contributed by atoms with van der Waals surface area (Å²) in [6, 6.07) is 11.3. The first kappa shape index (κ1) is 18.7. The maximum absolute atomic E-state index is 12.1. The number of carbonyl (C=O) groups is 2. The summed E-state index contributed by atoms with van der Waals surface area (Å²) in [4.78, 5) is 30.9. The Morgan fingerprint density at radius 1 is 1.14 bits per heavy atom. The van der Waals surface area contributed by atoms with Crippen LogP contribution in [0.5, 0.6) is 0 Å². The van der Waals surface area contributed by atoms with Gasteiger partial charge in [-0.25, -0.2) is 4.98 Å². The molecule has 3 aromatic rings. The van der Waals surface area contributed by atoms with Crippen molar-refractivity contribution in [1.82, 2.24) is 14.9 Å². The van der Waals surface area contributed by atoms with Gasteiger partial charge in [-0.2, -0.15) is 0 Å². The van der Waals surface area contributed by atoms with Gasteiger partial charge in [-0.05, 0) is 49.2 Å². The molecular weight excluding hydrogens is 396 g/mol. The van der Waals surface area contributed by atoms with Crippen LogP contribution in [0.15, 0.2) is 48.9 Å². The van der Waals surface area contributed by atoms with E-state index in [-0.39, 0.29) is 11.8 Å². The quantitative estimate of drug-likeness (QED) is 0.685. The van der Waals surface area contributed by atoms with Crippen molar-refractivity contribution < 1.29 is 9.59 Å². The molecule has 1 aliphatic heterocycles. The third kappa shape index (κ3) is 4.10. The number of piperidine rings is 1. The van der Waals surface area contributed by atoms with Crippen LogP contribution in [0.1, 0.15) is 34.6 Å². The predicted octanol–water partition coefficient (Wildman–Crippen LogP) is 4.03. The number of hydrogen-bond acceptors (Lipinski definition) is 4. The molecule has 6 nitrogen and oxygen atoms in total. The standard InChI is InChI=1S/C20H19ClN4O2S/c21-18-9-8-17(28-18)20(27)22-11-14-12-24(13-23-14)15-4-6-16(7-5-15)25-10-2-1-3-19(25)26/h4-9,12-13H,1-3,10-11H2,(H,22,27). The van der Waals surface area contributed by atoms with Crippen LogP contribution >= 0.6 is 22.9 Å². The minimum Gasteiger partial charge on any atom is -0.346 e. The van der Waals surface area contributed by atoms with E-state index >= 15 is 0 Å². The van der Waals surface area contributed by atoms with E-state index in [0.717, 1.165) is 36.5 Å². The normalized spacial score (nSPS) is 14.3. The minimum atomic E-state index is -0.165. The molecule has 0 aliphatic carbocycles. The lowest BCUT2D eigenvalue weighted by atomic mass is 10.1. The van der Waals surface area contributed by atoms with Gasteiger partial charge in [0.15, 0.2) is 0 Å². The summed E-state index contributed by atoms with van der Waals surface area (Å²) in [6.07, 6.45) is 6.23. The first-order valence-electron chi connectivity index (χ1n) is 9.07. The zero-order valence-electron chi connectivity index (χ0n) is 15.1. The topological polar surface area (TPSA) is 67.2 Å². The molecule has 1 N–H and O–H groups in total. The molecule has 0 unspecified atom stereocenters. The predicted molar refractivity (Wildman–Crippen MR) is 110 cm³/mol. The van der Waals surface area contributed by atoms with Crippen LogP contribution in [0, 0.1) is 0 Å². The van der Waals surface area contributed by atoms with E-state index in [2.05, 4.69) is 10.3 Å². The first-order chi connectivity index (χ1) is 13.6. The summed E-state index contributed by atoms with van der Waals surface area (Å²) >= 11 is 7.11. The first-order valence-corrected chi connectivity index (χ1v) is 10.3. The number of aromatic nitrogens is 2. The maximum atomic E-state index is 12.1. The van der Waals surface area contributed by atoms with Crippen LogP contribution in [-0.2, 0) is 11.3 Å². The molecule has 4 rings (SSSR count). The van der Waals surface area contributed by atoms with Crippen LogP contribution < -0.4 is 10.2 Å². The number of benzene rings is 1. The molecule has 0 radical (unpaired) electrons. The largest absolute Gasteiger partial charge is 0.346 e. The Balaban J connectivity index is 1.39. The number of hydrogen-bond donors (Lipinski definition) is 1. The van der Waals surface area contributed by atoms with Crippen molar-refractivity contribution in [2.45, 2.75) is 25.8 Å². The zero-order chi connectivity index (χ0) is 19.5. The van der Waals surface area contributed by atoms with Gasteiger partial charge in [-0.3, -0.25) is 9.59 Å². The van der Waals surface area contributed by atoms with Crippen molar-refractivity contribution in [3.05, 3.63) is 63.8 Å². The van der Waals surface area contributed by atoms with Gasteiger partial charge in [0.1, 0.15) is 0 Å². The Bertz CT molecular complexity index is 996. The van der Waals surface area contributed by atoms with E-state index in [0.29, 0.717) is 22.2 Å². The molecule has 1 fully saturated rings. The second-order valence-corrected chi connectivity index (χ2v) is 8.29. The molecule has 144 valence electrons. The molecule has 2 amide bonds. The molecule has 0 saturated carbocycles. The number of amides is 2. The summed E-state index contributed by atoms with van der Waals surface area (Å²) in [6.45, 7) is 1.12. The summed E-state index contributed by atoms with van der Waals surface area (Å²) < 4.78 is 2.48. The van der Waals surface area contributed by atoms with Gasteiger partial charge in [0, 0.05) is 30.5 Å². The van der Waals surface area contributed by atoms with Crippen molar-refractivity contribution in [1.29, 1.82) is 0 Å². The van der Waals surface area contributed by atoms with Gasteiger partial charge in [0.2, 0.25) is 5.91 Å². The van der Waals surface area contributed by atoms with E-state index in [4.69, 9.17) is 11.6 Å². The molecule has 0 atom stereocenters. The molecule has 8 heteroatoms. The number of anilines is 1. The highest BCUT2D eigenvalue weighted by Gasteiger charge is 2.19. The van der Waals surface area contributed by atoms with Crippen LogP contribution in [0.4, 0.5) is 5.69 Å². The van der Waals surface area contributed by atoms with E-state index < -0.39 is 0 Å². The maximum Gasteiger partial charge on any atom is 0.261 e. The van der Waals surface area contributed by atoms with Crippen molar-refractivity contribution in [2.75, 3.05) is 11.4 Å². The molecule has 1 saturated heterocycles. The summed E-state index contributed by atoms with van der Waals surface area (Å²) in [5, 5.41) is 2.84. The van der Waals surface area contributed by atoms with Gasteiger partial charge < -0.3 is 14.8 Å². The molecular formula is C20H19ClN4O2S. The van der Waals surface area contributed by atoms with Crippen LogP contribution in [0.3, 0.4) is 0 Å². The van der Waals surface area contributed by atoms with Crippen molar-refractivity contribution in [3.63, 3.8) is 0 Å². The third-order valence-electron chi connectivity index (χ3n) is 4.65. The van der Waals surface area contributed by atoms with E-state index in [1.807, 2.05) is 39.9 Å². The Morgan fingerprint density at radius 3 is 2.64 bits per heavy atom. The van der Waals surface area contributed by atoms with Gasteiger partial charge in [-0.15, -0.1) is 11.3 Å². The highest BCUT2D eigenvalue weighted by atomic mass is 35.5. The molecule has 3 heterocycles. The minimum absolute atomic E-state index is 0.165. The Kier molecular flexibility index (Phi) is 5.45. The van der Waals surface area contributed by atoms with Gasteiger partial charge in [-0.1, -0.05) is 11.6 Å². The van der Waals surface area contributed by atoms with Crippen LogP contribution in [0.25, 0.3) is 5.69 Å². The lowest BCUT2D eigenvalue weighted by Crippen LogP contribution is -2.35. The molecule has 28 heavy (non-hydrogen) atoms. The van der Waals surface area contributed by atoms with Gasteiger partial charge in [0.05, 0.1) is 27.8 Å². The fourth-order valence-electron chi connectivity index (χ4n) is 3.17. The smallest absolute Gasteiger partial charge is 0.261 e. The highest BCUT2D eigenvalue weighted by Crippen LogP contribution is 2.23. The number of thiophene rings is 1. The third-order valence-corrected chi connectivity index (χ3v) is 5.88. The number of nitrogens with zero attached hydrogens (tertiary/aromatic N) is 3. The van der Waals surface area contributed by atoms with Crippen molar-refractivity contribution in [2.24, 2.45) is 0 Å². The fourth-order valence-corrected chi connectivity index (χ4v) is 4.13. The molecule has 0 bridgehead atoms. The Labute approximate surface area is 171 Å². The lowest BCUT2D eigenvalue weighted by molar-refractivity contribution is -0.119. The highest BCUT2D eigenvalue weighted by molar-refractivity contribution is 7.17. The SMILES string of the molecule is O=C(NCc1cn(-c2ccc(N3CCCCC3=O)cc2)cn1)c1ccc(Cl)s1.